The first kappa shape index (κ1) is 18.6. The molecule has 0 aromatic heterocycles. The van der Waals surface area contributed by atoms with Crippen LogP contribution >= 0.6 is 0 Å². The van der Waals surface area contributed by atoms with Gasteiger partial charge < -0.3 is 16.0 Å². The van der Waals surface area contributed by atoms with Crippen molar-refractivity contribution < 1.29 is 18.4 Å². The van der Waals surface area contributed by atoms with E-state index >= 15 is 0 Å². The molecule has 0 unspecified atom stereocenters. The van der Waals surface area contributed by atoms with E-state index in [1.807, 2.05) is 42.5 Å². The number of anilines is 1. The summed E-state index contributed by atoms with van der Waals surface area (Å²) < 4.78 is 26.6. The summed E-state index contributed by atoms with van der Waals surface area (Å²) >= 11 is 0. The number of benzene rings is 3. The molecule has 3 amide bonds. The summed E-state index contributed by atoms with van der Waals surface area (Å²) in [4.78, 5) is 25.0. The van der Waals surface area contributed by atoms with Crippen LogP contribution in [0.5, 0.6) is 0 Å². The van der Waals surface area contributed by atoms with Gasteiger partial charge in [0.15, 0.2) is 11.6 Å². The van der Waals surface area contributed by atoms with Crippen LogP contribution in [-0.2, 0) is 4.79 Å². The lowest BCUT2D eigenvalue weighted by molar-refractivity contribution is -0.113. The maximum Gasteiger partial charge on any atom is 0.319 e. The Morgan fingerprint density at radius 2 is 1.72 bits per heavy atom. The van der Waals surface area contributed by atoms with E-state index in [-0.39, 0.29) is 11.3 Å². The van der Waals surface area contributed by atoms with Gasteiger partial charge in [0.25, 0.3) is 5.91 Å². The van der Waals surface area contributed by atoms with Crippen LogP contribution in [0.3, 0.4) is 0 Å². The zero-order valence-corrected chi connectivity index (χ0v) is 15.4. The van der Waals surface area contributed by atoms with Gasteiger partial charge in [-0.3, -0.25) is 4.79 Å². The Kier molecular flexibility index (Phi) is 4.72. The number of halogens is 2. The molecule has 1 aliphatic heterocycles. The number of allylic oxidation sites excluding steroid dienone is 1. The van der Waals surface area contributed by atoms with Gasteiger partial charge in [-0.2, -0.15) is 0 Å². The Bertz CT molecular complexity index is 1170. The van der Waals surface area contributed by atoms with Crippen molar-refractivity contribution >= 4 is 28.4 Å². The Balaban J connectivity index is 1.71. The van der Waals surface area contributed by atoms with Crippen molar-refractivity contribution in [3.05, 3.63) is 89.1 Å². The second kappa shape index (κ2) is 7.35. The second-order valence-corrected chi connectivity index (χ2v) is 6.76. The highest BCUT2D eigenvalue weighted by Gasteiger charge is 2.31. The topological polar surface area (TPSA) is 70.2 Å². The highest BCUT2D eigenvalue weighted by Crippen LogP contribution is 2.30. The van der Waals surface area contributed by atoms with Crippen LogP contribution in [0.4, 0.5) is 19.3 Å². The summed E-state index contributed by atoms with van der Waals surface area (Å²) in [7, 11) is 0. The summed E-state index contributed by atoms with van der Waals surface area (Å²) in [5.41, 5.74) is 1.51. The first-order valence-corrected chi connectivity index (χ1v) is 8.96. The fourth-order valence-corrected chi connectivity index (χ4v) is 3.40. The standard InChI is InChI=1S/C22H17F2N3O2/c1-12-19(21(28)26-16-8-9-17(23)18(24)11-16)20(27-22(29)25-12)15-7-6-13-4-2-3-5-14(13)10-15/h2-11,20H,1H3,(H,26,28)(H2,25,27,29)/t20-/m0/s1. The van der Waals surface area contributed by atoms with E-state index in [1.165, 1.54) is 6.07 Å². The van der Waals surface area contributed by atoms with Crippen LogP contribution in [0.15, 0.2) is 71.9 Å². The molecule has 0 saturated carbocycles. The number of carbonyl (C=O) groups excluding carboxylic acids is 2. The van der Waals surface area contributed by atoms with Gasteiger partial charge in [-0.25, -0.2) is 13.6 Å². The molecule has 1 aliphatic rings. The van der Waals surface area contributed by atoms with Crippen LogP contribution in [0.25, 0.3) is 10.8 Å². The van der Waals surface area contributed by atoms with Crippen LogP contribution in [0.1, 0.15) is 18.5 Å². The van der Waals surface area contributed by atoms with E-state index in [0.717, 1.165) is 28.5 Å². The van der Waals surface area contributed by atoms with E-state index in [0.29, 0.717) is 5.70 Å². The van der Waals surface area contributed by atoms with Crippen molar-refractivity contribution in [3.63, 3.8) is 0 Å². The molecule has 3 aromatic rings. The van der Waals surface area contributed by atoms with Gasteiger partial charge in [0.1, 0.15) is 0 Å². The molecule has 0 saturated heterocycles. The van der Waals surface area contributed by atoms with Crippen LogP contribution in [0.2, 0.25) is 0 Å². The smallest absolute Gasteiger partial charge is 0.319 e. The van der Waals surface area contributed by atoms with Gasteiger partial charge in [-0.1, -0.05) is 36.4 Å². The molecule has 146 valence electrons. The van der Waals surface area contributed by atoms with Crippen molar-refractivity contribution in [2.24, 2.45) is 0 Å². The number of fused-ring (bicyclic) bond motifs is 1. The molecule has 0 aliphatic carbocycles. The monoisotopic (exact) mass is 393 g/mol. The van der Waals surface area contributed by atoms with E-state index < -0.39 is 29.6 Å². The number of hydrogen-bond acceptors (Lipinski definition) is 2. The third-order valence-corrected chi connectivity index (χ3v) is 4.80. The molecule has 1 atom stereocenters. The summed E-state index contributed by atoms with van der Waals surface area (Å²) in [6.07, 6.45) is 0. The van der Waals surface area contributed by atoms with Crippen molar-refractivity contribution in [1.82, 2.24) is 10.6 Å². The number of urea groups is 1. The fourth-order valence-electron chi connectivity index (χ4n) is 3.40. The number of nitrogens with one attached hydrogen (secondary N) is 3. The minimum Gasteiger partial charge on any atom is -0.327 e. The number of hydrogen-bond donors (Lipinski definition) is 3. The quantitative estimate of drug-likeness (QED) is 0.618. The predicted octanol–water partition coefficient (Wildman–Crippen LogP) is 4.38. The average Bonchev–Trinajstić information content (AvgIpc) is 2.69. The highest BCUT2D eigenvalue weighted by atomic mass is 19.2. The highest BCUT2D eigenvalue weighted by molar-refractivity contribution is 6.07. The first-order chi connectivity index (χ1) is 13.9. The molecule has 0 fully saturated rings. The lowest BCUT2D eigenvalue weighted by Crippen LogP contribution is -2.45. The van der Waals surface area contributed by atoms with E-state index in [1.54, 1.807) is 6.92 Å². The Morgan fingerprint density at radius 1 is 0.966 bits per heavy atom. The third-order valence-electron chi connectivity index (χ3n) is 4.80. The molecular formula is C22H17F2N3O2. The molecule has 5 nitrogen and oxygen atoms in total. The number of amides is 3. The van der Waals surface area contributed by atoms with Gasteiger partial charge in [0.05, 0.1) is 11.6 Å². The zero-order valence-electron chi connectivity index (χ0n) is 15.4. The van der Waals surface area contributed by atoms with Crippen molar-refractivity contribution in [3.8, 4) is 0 Å². The number of carbonyl (C=O) groups is 2. The van der Waals surface area contributed by atoms with Crippen LogP contribution in [0, 0.1) is 11.6 Å². The van der Waals surface area contributed by atoms with Gasteiger partial charge in [-0.15, -0.1) is 0 Å². The molecule has 0 radical (unpaired) electrons. The van der Waals surface area contributed by atoms with Gasteiger partial charge in [-0.05, 0) is 41.5 Å². The van der Waals surface area contributed by atoms with Crippen molar-refractivity contribution in [2.75, 3.05) is 5.32 Å². The van der Waals surface area contributed by atoms with Gasteiger partial charge >= 0.3 is 6.03 Å². The largest absolute Gasteiger partial charge is 0.327 e. The van der Waals surface area contributed by atoms with Crippen molar-refractivity contribution in [1.29, 1.82) is 0 Å². The summed E-state index contributed by atoms with van der Waals surface area (Å²) in [6, 6.07) is 15.4. The Hall–Kier alpha value is -3.74. The molecule has 0 spiro atoms. The molecule has 1 heterocycles. The molecular weight excluding hydrogens is 376 g/mol. The number of rotatable bonds is 3. The average molecular weight is 393 g/mol. The summed E-state index contributed by atoms with van der Waals surface area (Å²) in [5, 5.41) is 9.92. The molecule has 7 heteroatoms. The molecule has 3 N–H and O–H groups in total. The summed E-state index contributed by atoms with van der Waals surface area (Å²) in [6.45, 7) is 1.62. The van der Waals surface area contributed by atoms with Crippen LogP contribution < -0.4 is 16.0 Å². The molecule has 29 heavy (non-hydrogen) atoms. The Morgan fingerprint density at radius 3 is 2.48 bits per heavy atom. The third kappa shape index (κ3) is 3.67. The molecule has 4 rings (SSSR count). The minimum atomic E-state index is -1.06. The maximum absolute atomic E-state index is 13.5. The summed E-state index contributed by atoms with van der Waals surface area (Å²) in [5.74, 6) is -2.59. The minimum absolute atomic E-state index is 0.114. The lowest BCUT2D eigenvalue weighted by Gasteiger charge is -2.29. The maximum atomic E-state index is 13.5. The Labute approximate surface area is 165 Å². The van der Waals surface area contributed by atoms with E-state index in [2.05, 4.69) is 16.0 Å². The normalized spacial score (nSPS) is 16.4. The zero-order chi connectivity index (χ0) is 20.5. The van der Waals surface area contributed by atoms with E-state index in [9.17, 15) is 18.4 Å². The van der Waals surface area contributed by atoms with Gasteiger partial charge in [0.2, 0.25) is 0 Å². The lowest BCUT2D eigenvalue weighted by atomic mass is 9.93. The SMILES string of the molecule is CC1=C(C(=O)Nc2ccc(F)c(F)c2)[C@H](c2ccc3ccccc3c2)NC(=O)N1. The predicted molar refractivity (Wildman–Crippen MR) is 106 cm³/mol. The molecule has 0 bridgehead atoms. The fraction of sp³-hybridized carbons (Fsp3) is 0.0909. The first-order valence-electron chi connectivity index (χ1n) is 8.96. The van der Waals surface area contributed by atoms with E-state index in [4.69, 9.17) is 0 Å². The van der Waals surface area contributed by atoms with Crippen molar-refractivity contribution in [2.45, 2.75) is 13.0 Å². The second-order valence-electron chi connectivity index (χ2n) is 6.76. The molecule has 3 aromatic carbocycles. The van der Waals surface area contributed by atoms with Gasteiger partial charge in [0, 0.05) is 17.5 Å². The van der Waals surface area contributed by atoms with Crippen LogP contribution in [-0.4, -0.2) is 11.9 Å².